The van der Waals surface area contributed by atoms with Gasteiger partial charge in [-0.2, -0.15) is 0 Å². The number of nitrogens with zero attached hydrogens (tertiary/aromatic N) is 4. The van der Waals surface area contributed by atoms with Crippen molar-refractivity contribution in [1.82, 2.24) is 4.98 Å². The monoisotopic (exact) mass is 416 g/mol. The number of carbonyl (C=O) groups is 1. The zero-order valence-corrected chi connectivity index (χ0v) is 16.7. The van der Waals surface area contributed by atoms with Gasteiger partial charge in [-0.3, -0.25) is 19.8 Å². The van der Waals surface area contributed by atoms with E-state index in [1.807, 2.05) is 43.3 Å². The maximum Gasteiger partial charge on any atom is 0.271 e. The summed E-state index contributed by atoms with van der Waals surface area (Å²) in [4.78, 5) is 34.7. The highest BCUT2D eigenvalue weighted by Gasteiger charge is 2.36. The fourth-order valence-corrected chi connectivity index (χ4v) is 4.02. The topological polar surface area (TPSA) is 88.7 Å². The number of non-ortho nitro benzene ring substituents is 1. The van der Waals surface area contributed by atoms with Crippen molar-refractivity contribution in [2.45, 2.75) is 6.92 Å². The molecule has 1 aliphatic heterocycles. The number of benzene rings is 2. The van der Waals surface area contributed by atoms with Gasteiger partial charge in [-0.1, -0.05) is 24.3 Å². The van der Waals surface area contributed by atoms with E-state index in [0.29, 0.717) is 21.6 Å². The molecule has 1 saturated heterocycles. The van der Waals surface area contributed by atoms with Crippen LogP contribution in [0.2, 0.25) is 0 Å². The summed E-state index contributed by atoms with van der Waals surface area (Å²) >= 11 is 1.26. The summed E-state index contributed by atoms with van der Waals surface area (Å²) in [5.74, 6) is 0.305. The Morgan fingerprint density at radius 3 is 2.37 bits per heavy atom. The van der Waals surface area contributed by atoms with Gasteiger partial charge >= 0.3 is 0 Å². The first-order valence-corrected chi connectivity index (χ1v) is 9.89. The molecular weight excluding hydrogens is 400 g/mol. The van der Waals surface area contributed by atoms with Crippen molar-refractivity contribution in [2.75, 3.05) is 4.90 Å². The highest BCUT2D eigenvalue weighted by molar-refractivity contribution is 8.19. The molecule has 0 radical (unpaired) electrons. The quantitative estimate of drug-likeness (QED) is 0.332. The number of amidine groups is 1. The van der Waals surface area contributed by atoms with Crippen LogP contribution in [0.4, 0.5) is 17.2 Å². The first kappa shape index (κ1) is 19.5. The minimum Gasteiger partial charge on any atom is -0.268 e. The number of nitro benzene ring substituents is 1. The zero-order chi connectivity index (χ0) is 21.1. The Hall–Kier alpha value is -3.78. The van der Waals surface area contributed by atoms with E-state index in [4.69, 9.17) is 0 Å². The second-order valence-corrected chi connectivity index (χ2v) is 7.40. The second kappa shape index (κ2) is 8.30. The van der Waals surface area contributed by atoms with E-state index in [9.17, 15) is 14.9 Å². The largest absolute Gasteiger partial charge is 0.271 e. The van der Waals surface area contributed by atoms with E-state index in [2.05, 4.69) is 9.98 Å². The van der Waals surface area contributed by atoms with Crippen LogP contribution in [0, 0.1) is 10.1 Å². The molecule has 1 amide bonds. The lowest BCUT2D eigenvalue weighted by Crippen LogP contribution is -2.28. The predicted molar refractivity (Wildman–Crippen MR) is 119 cm³/mol. The van der Waals surface area contributed by atoms with Crippen LogP contribution in [0.5, 0.6) is 0 Å². The molecule has 2 aromatic carbocycles. The van der Waals surface area contributed by atoms with Gasteiger partial charge in [0.2, 0.25) is 0 Å². The van der Waals surface area contributed by atoms with Crippen LogP contribution >= 0.6 is 11.8 Å². The lowest BCUT2D eigenvalue weighted by molar-refractivity contribution is -0.384. The van der Waals surface area contributed by atoms with E-state index in [0.717, 1.165) is 11.1 Å². The Bertz CT molecular complexity index is 1160. The molecule has 2 heterocycles. The third-order valence-corrected chi connectivity index (χ3v) is 5.65. The van der Waals surface area contributed by atoms with E-state index >= 15 is 0 Å². The Balaban J connectivity index is 1.78. The summed E-state index contributed by atoms with van der Waals surface area (Å²) in [5.41, 5.74) is 2.18. The minimum absolute atomic E-state index is 0.00488. The van der Waals surface area contributed by atoms with Crippen molar-refractivity contribution in [2.24, 2.45) is 4.99 Å². The molecule has 0 bridgehead atoms. The molecule has 0 saturated carbocycles. The lowest BCUT2D eigenvalue weighted by atomic mass is 10.1. The summed E-state index contributed by atoms with van der Waals surface area (Å²) in [6, 6.07) is 20.8. The molecule has 0 unspecified atom stereocenters. The Morgan fingerprint density at radius 2 is 1.73 bits per heavy atom. The molecular formula is C22H16N4O3S. The number of aliphatic imine (C=N–C) groups is 1. The molecule has 1 fully saturated rings. The molecule has 0 N–H and O–H groups in total. The van der Waals surface area contributed by atoms with Gasteiger partial charge in [-0.05, 0) is 66.2 Å². The first-order valence-electron chi connectivity index (χ1n) is 9.07. The van der Waals surface area contributed by atoms with Gasteiger partial charge in [0.05, 0.1) is 15.5 Å². The number of anilines is 1. The SMILES string of the molecule is C/C(=C1/S/C(=N/c2ccccn2)N(c2ccccc2)C1=O)c1ccc([N+](=O)[O-])cc1. The molecule has 7 nitrogen and oxygen atoms in total. The number of aromatic nitrogens is 1. The van der Waals surface area contributed by atoms with Crippen molar-refractivity contribution in [3.8, 4) is 0 Å². The summed E-state index contributed by atoms with van der Waals surface area (Å²) in [6.45, 7) is 1.83. The second-order valence-electron chi connectivity index (χ2n) is 6.42. The van der Waals surface area contributed by atoms with Gasteiger partial charge in [0.15, 0.2) is 11.0 Å². The third kappa shape index (κ3) is 3.85. The Morgan fingerprint density at radius 1 is 1.03 bits per heavy atom. The number of thioether (sulfide) groups is 1. The van der Waals surface area contributed by atoms with Crippen LogP contribution in [-0.4, -0.2) is 21.0 Å². The maximum absolute atomic E-state index is 13.3. The maximum atomic E-state index is 13.3. The number of hydrogen-bond donors (Lipinski definition) is 0. The van der Waals surface area contributed by atoms with E-state index < -0.39 is 4.92 Å². The highest BCUT2D eigenvalue weighted by atomic mass is 32.2. The highest BCUT2D eigenvalue weighted by Crippen LogP contribution is 2.40. The minimum atomic E-state index is -0.448. The molecule has 1 aromatic heterocycles. The number of para-hydroxylation sites is 1. The lowest BCUT2D eigenvalue weighted by Gasteiger charge is -2.15. The fourth-order valence-electron chi connectivity index (χ4n) is 2.97. The molecule has 0 atom stereocenters. The van der Waals surface area contributed by atoms with Gasteiger partial charge in [0, 0.05) is 18.3 Å². The number of rotatable bonds is 4. The van der Waals surface area contributed by atoms with Gasteiger partial charge < -0.3 is 0 Å². The number of allylic oxidation sites excluding steroid dienone is 1. The van der Waals surface area contributed by atoms with E-state index in [1.54, 1.807) is 35.4 Å². The Labute approximate surface area is 176 Å². The standard InChI is InChI=1S/C22H16N4O3S/c1-15(16-10-12-18(13-11-16)26(28)29)20-21(27)25(17-7-3-2-4-8-17)22(30-20)24-19-9-5-6-14-23-19/h2-14H,1H3/b20-15-,24-22+. The van der Waals surface area contributed by atoms with Crippen LogP contribution < -0.4 is 4.90 Å². The van der Waals surface area contributed by atoms with E-state index in [-0.39, 0.29) is 11.6 Å². The molecule has 0 spiro atoms. The van der Waals surface area contributed by atoms with Gasteiger partial charge in [-0.25, -0.2) is 9.98 Å². The predicted octanol–water partition coefficient (Wildman–Crippen LogP) is 5.19. The Kier molecular flexibility index (Phi) is 5.40. The van der Waals surface area contributed by atoms with Crippen LogP contribution in [-0.2, 0) is 4.79 Å². The zero-order valence-electron chi connectivity index (χ0n) is 15.9. The number of pyridine rings is 1. The first-order chi connectivity index (χ1) is 14.5. The van der Waals surface area contributed by atoms with Crippen LogP contribution in [0.25, 0.3) is 5.57 Å². The number of carbonyl (C=O) groups excluding carboxylic acids is 1. The average molecular weight is 416 g/mol. The normalized spacial score (nSPS) is 16.8. The van der Waals surface area contributed by atoms with E-state index in [1.165, 1.54) is 23.9 Å². The summed E-state index contributed by atoms with van der Waals surface area (Å²) in [5, 5.41) is 11.4. The summed E-state index contributed by atoms with van der Waals surface area (Å²) < 4.78 is 0. The number of nitro groups is 1. The fraction of sp³-hybridized carbons (Fsp3) is 0.0455. The number of hydrogen-bond acceptors (Lipinski definition) is 6. The summed E-state index contributed by atoms with van der Waals surface area (Å²) in [6.07, 6.45) is 1.65. The van der Waals surface area contributed by atoms with Crippen molar-refractivity contribution in [3.63, 3.8) is 0 Å². The molecule has 1 aliphatic rings. The van der Waals surface area contributed by atoms with Crippen LogP contribution in [0.3, 0.4) is 0 Å². The molecule has 148 valence electrons. The molecule has 0 aliphatic carbocycles. The van der Waals surface area contributed by atoms with Gasteiger partial charge in [0.25, 0.3) is 11.6 Å². The van der Waals surface area contributed by atoms with Crippen LogP contribution in [0.15, 0.2) is 88.9 Å². The van der Waals surface area contributed by atoms with Crippen molar-refractivity contribution >= 4 is 45.6 Å². The smallest absolute Gasteiger partial charge is 0.268 e. The van der Waals surface area contributed by atoms with Crippen molar-refractivity contribution < 1.29 is 9.72 Å². The van der Waals surface area contributed by atoms with Crippen molar-refractivity contribution in [1.29, 1.82) is 0 Å². The molecule has 4 rings (SSSR count). The third-order valence-electron chi connectivity index (χ3n) is 4.51. The molecule has 8 heteroatoms. The molecule has 3 aromatic rings. The molecule has 30 heavy (non-hydrogen) atoms. The van der Waals surface area contributed by atoms with Gasteiger partial charge in [0.1, 0.15) is 0 Å². The average Bonchev–Trinajstić information content (AvgIpc) is 3.10. The van der Waals surface area contributed by atoms with Crippen molar-refractivity contribution in [3.05, 3.63) is 99.6 Å². The number of amides is 1. The summed E-state index contributed by atoms with van der Waals surface area (Å²) in [7, 11) is 0. The van der Waals surface area contributed by atoms with Gasteiger partial charge in [-0.15, -0.1) is 0 Å². The van der Waals surface area contributed by atoms with Crippen LogP contribution in [0.1, 0.15) is 12.5 Å².